The molecule has 2 aromatic rings. The molecule has 122 valence electrons. The number of para-hydroxylation sites is 1. The van der Waals surface area contributed by atoms with E-state index in [2.05, 4.69) is 4.98 Å². The highest BCUT2D eigenvalue weighted by atomic mass is 16.4. The largest absolute Gasteiger partial charge is 0.479 e. The number of hydrogen-bond donors (Lipinski definition) is 3. The lowest BCUT2D eigenvalue weighted by Gasteiger charge is -2.35. The minimum Gasteiger partial charge on any atom is -0.479 e. The number of aliphatic hydroxyl groups is 1. The number of piperidine rings is 1. The topological polar surface area (TPSA) is 93.6 Å². The van der Waals surface area contributed by atoms with Gasteiger partial charge >= 0.3 is 5.97 Å². The summed E-state index contributed by atoms with van der Waals surface area (Å²) in [6.45, 7) is 4.45. The Labute approximate surface area is 133 Å². The van der Waals surface area contributed by atoms with Crippen LogP contribution in [0.2, 0.25) is 0 Å². The third-order valence-corrected chi connectivity index (χ3v) is 4.85. The molecule has 3 N–H and O–H groups in total. The van der Waals surface area contributed by atoms with E-state index >= 15 is 0 Å². The van der Waals surface area contributed by atoms with E-state index in [-0.39, 0.29) is 31.8 Å². The molecule has 1 amide bonds. The van der Waals surface area contributed by atoms with Crippen LogP contribution in [0.3, 0.4) is 0 Å². The molecule has 1 saturated heterocycles. The molecular weight excluding hydrogens is 296 g/mol. The van der Waals surface area contributed by atoms with E-state index in [0.29, 0.717) is 5.56 Å². The van der Waals surface area contributed by atoms with E-state index in [9.17, 15) is 14.7 Å². The second-order valence-corrected chi connectivity index (χ2v) is 6.23. The van der Waals surface area contributed by atoms with Crippen molar-refractivity contribution in [3.63, 3.8) is 0 Å². The van der Waals surface area contributed by atoms with Crippen LogP contribution >= 0.6 is 0 Å². The van der Waals surface area contributed by atoms with Gasteiger partial charge in [0, 0.05) is 37.0 Å². The molecule has 0 radical (unpaired) electrons. The molecule has 6 heteroatoms. The maximum Gasteiger partial charge on any atom is 0.335 e. The number of nitrogens with zero attached hydrogens (tertiary/aromatic N) is 1. The Morgan fingerprint density at radius 2 is 1.87 bits per heavy atom. The lowest BCUT2D eigenvalue weighted by atomic mass is 9.91. The van der Waals surface area contributed by atoms with Gasteiger partial charge in [-0.15, -0.1) is 0 Å². The summed E-state index contributed by atoms with van der Waals surface area (Å²) in [7, 11) is 0. The van der Waals surface area contributed by atoms with E-state index < -0.39 is 11.6 Å². The van der Waals surface area contributed by atoms with Crippen LogP contribution in [0.25, 0.3) is 10.9 Å². The highest BCUT2D eigenvalue weighted by Crippen LogP contribution is 2.27. The summed E-state index contributed by atoms with van der Waals surface area (Å²) in [5.74, 6) is -1.35. The molecule has 1 aliphatic rings. The first-order chi connectivity index (χ1) is 10.8. The summed E-state index contributed by atoms with van der Waals surface area (Å²) >= 11 is 0. The molecule has 0 unspecified atom stereocenters. The molecule has 23 heavy (non-hydrogen) atoms. The minimum absolute atomic E-state index is 0.0484. The van der Waals surface area contributed by atoms with Crippen molar-refractivity contribution in [3.8, 4) is 0 Å². The summed E-state index contributed by atoms with van der Waals surface area (Å²) in [5, 5.41) is 20.1. The van der Waals surface area contributed by atoms with Crippen LogP contribution in [0.15, 0.2) is 18.2 Å². The van der Waals surface area contributed by atoms with Gasteiger partial charge in [-0.05, 0) is 25.5 Å². The lowest BCUT2D eigenvalue weighted by Crippen LogP contribution is -2.50. The van der Waals surface area contributed by atoms with Gasteiger partial charge in [0.15, 0.2) is 5.60 Å². The Kier molecular flexibility index (Phi) is 3.64. The average Bonchev–Trinajstić information content (AvgIpc) is 2.82. The number of likely N-dealkylation sites (tertiary alicyclic amines) is 1. The molecule has 1 aromatic carbocycles. The van der Waals surface area contributed by atoms with Crippen LogP contribution < -0.4 is 0 Å². The number of aryl methyl sites for hydroxylation is 2. The Balaban J connectivity index is 1.88. The summed E-state index contributed by atoms with van der Waals surface area (Å²) in [4.78, 5) is 28.7. The molecule has 1 fully saturated rings. The number of fused-ring (bicyclic) bond motifs is 1. The van der Waals surface area contributed by atoms with Gasteiger partial charge in [0.05, 0.1) is 11.1 Å². The zero-order chi connectivity index (χ0) is 16.8. The van der Waals surface area contributed by atoms with Crippen molar-refractivity contribution in [2.75, 3.05) is 13.1 Å². The van der Waals surface area contributed by atoms with E-state index in [0.717, 1.165) is 22.2 Å². The number of hydrogen-bond acceptors (Lipinski definition) is 3. The molecule has 6 nitrogen and oxygen atoms in total. The van der Waals surface area contributed by atoms with E-state index in [1.54, 1.807) is 11.0 Å². The molecule has 1 aromatic heterocycles. The Morgan fingerprint density at radius 1 is 1.22 bits per heavy atom. The van der Waals surface area contributed by atoms with Gasteiger partial charge in [-0.2, -0.15) is 0 Å². The van der Waals surface area contributed by atoms with Gasteiger partial charge in [0.25, 0.3) is 5.91 Å². The lowest BCUT2D eigenvalue weighted by molar-refractivity contribution is -0.162. The highest BCUT2D eigenvalue weighted by molar-refractivity contribution is 6.06. The first-order valence-electron chi connectivity index (χ1n) is 7.66. The van der Waals surface area contributed by atoms with Gasteiger partial charge in [0.2, 0.25) is 0 Å². The monoisotopic (exact) mass is 316 g/mol. The Bertz CT molecular complexity index is 785. The van der Waals surface area contributed by atoms with Crippen molar-refractivity contribution >= 4 is 22.8 Å². The zero-order valence-corrected chi connectivity index (χ0v) is 13.2. The maximum absolute atomic E-state index is 12.8. The zero-order valence-electron chi connectivity index (χ0n) is 13.2. The number of carboxylic acid groups (broad SMARTS) is 1. The van der Waals surface area contributed by atoms with Crippen molar-refractivity contribution < 1.29 is 19.8 Å². The average molecular weight is 316 g/mol. The number of aromatic amines is 1. The summed E-state index contributed by atoms with van der Waals surface area (Å²) < 4.78 is 0. The molecule has 0 aliphatic carbocycles. The number of carboxylic acids is 1. The van der Waals surface area contributed by atoms with Crippen molar-refractivity contribution in [2.45, 2.75) is 32.3 Å². The van der Waals surface area contributed by atoms with E-state index in [1.165, 1.54) is 0 Å². The van der Waals surface area contributed by atoms with Gasteiger partial charge in [-0.25, -0.2) is 4.79 Å². The van der Waals surface area contributed by atoms with Crippen LogP contribution in [-0.4, -0.2) is 50.7 Å². The summed E-state index contributed by atoms with van der Waals surface area (Å²) in [5.41, 5.74) is 1.82. The van der Waals surface area contributed by atoms with Crippen LogP contribution in [0.4, 0.5) is 0 Å². The van der Waals surface area contributed by atoms with Crippen LogP contribution in [-0.2, 0) is 4.79 Å². The summed E-state index contributed by atoms with van der Waals surface area (Å²) in [6, 6.07) is 5.61. The smallest absolute Gasteiger partial charge is 0.335 e. The Morgan fingerprint density at radius 3 is 2.48 bits per heavy atom. The standard InChI is InChI=1S/C17H20N2O4/c1-10-11(2)18-14-12(10)4-3-5-13(14)15(20)19-8-6-17(23,7-9-19)16(21)22/h3-5,18,23H,6-9H2,1-2H3,(H,21,22). The number of aromatic nitrogens is 1. The number of carbonyl (C=O) groups excluding carboxylic acids is 1. The number of nitrogens with one attached hydrogen (secondary N) is 1. The molecule has 0 atom stereocenters. The second kappa shape index (κ2) is 5.38. The van der Waals surface area contributed by atoms with Gasteiger partial charge in [-0.3, -0.25) is 4.79 Å². The van der Waals surface area contributed by atoms with Crippen molar-refractivity contribution in [1.29, 1.82) is 0 Å². The van der Waals surface area contributed by atoms with Gasteiger partial charge in [0.1, 0.15) is 0 Å². The van der Waals surface area contributed by atoms with Crippen LogP contribution in [0, 0.1) is 13.8 Å². The number of amides is 1. The second-order valence-electron chi connectivity index (χ2n) is 6.23. The van der Waals surface area contributed by atoms with Crippen LogP contribution in [0.5, 0.6) is 0 Å². The maximum atomic E-state index is 12.8. The molecule has 2 heterocycles. The van der Waals surface area contributed by atoms with Crippen molar-refractivity contribution in [2.24, 2.45) is 0 Å². The molecule has 3 rings (SSSR count). The van der Waals surface area contributed by atoms with Gasteiger partial charge < -0.3 is 20.1 Å². The third-order valence-electron chi connectivity index (χ3n) is 4.85. The normalized spacial score (nSPS) is 17.4. The fourth-order valence-corrected chi connectivity index (χ4v) is 3.12. The highest BCUT2D eigenvalue weighted by Gasteiger charge is 2.40. The predicted molar refractivity (Wildman–Crippen MR) is 85.5 cm³/mol. The molecule has 0 spiro atoms. The third kappa shape index (κ3) is 2.49. The van der Waals surface area contributed by atoms with Crippen molar-refractivity contribution in [3.05, 3.63) is 35.0 Å². The van der Waals surface area contributed by atoms with Gasteiger partial charge in [-0.1, -0.05) is 12.1 Å². The van der Waals surface area contributed by atoms with E-state index in [4.69, 9.17) is 5.11 Å². The number of benzene rings is 1. The quantitative estimate of drug-likeness (QED) is 0.788. The fourth-order valence-electron chi connectivity index (χ4n) is 3.12. The first kappa shape index (κ1) is 15.6. The molecule has 1 aliphatic heterocycles. The SMILES string of the molecule is Cc1[nH]c2c(C(=O)N3CCC(O)(C(=O)O)CC3)cccc2c1C. The molecule has 0 saturated carbocycles. The number of carbonyl (C=O) groups is 2. The first-order valence-corrected chi connectivity index (χ1v) is 7.66. The van der Waals surface area contributed by atoms with Crippen LogP contribution in [0.1, 0.15) is 34.5 Å². The molecular formula is C17H20N2O4. The Hall–Kier alpha value is -2.34. The van der Waals surface area contributed by atoms with E-state index in [1.807, 2.05) is 26.0 Å². The number of rotatable bonds is 2. The predicted octanol–water partition coefficient (Wildman–Crippen LogP) is 1.84. The van der Waals surface area contributed by atoms with Crippen molar-refractivity contribution in [1.82, 2.24) is 9.88 Å². The molecule has 0 bridgehead atoms. The summed E-state index contributed by atoms with van der Waals surface area (Å²) in [6.07, 6.45) is 0.0969. The minimum atomic E-state index is -1.72. The number of H-pyrrole nitrogens is 1. The fraction of sp³-hybridized carbons (Fsp3) is 0.412. The number of aliphatic carboxylic acids is 1.